The van der Waals surface area contributed by atoms with Crippen molar-refractivity contribution in [1.82, 2.24) is 15.1 Å². The van der Waals surface area contributed by atoms with Gasteiger partial charge in [0.15, 0.2) is 6.10 Å². The van der Waals surface area contributed by atoms with Crippen LogP contribution in [0, 0.1) is 5.92 Å². The van der Waals surface area contributed by atoms with E-state index in [9.17, 15) is 14.4 Å². The van der Waals surface area contributed by atoms with Crippen LogP contribution in [0.15, 0.2) is 47.8 Å². The highest BCUT2D eigenvalue weighted by Gasteiger charge is 2.55. The number of urea groups is 1. The second-order valence-electron chi connectivity index (χ2n) is 9.06. The van der Waals surface area contributed by atoms with Crippen molar-refractivity contribution in [1.29, 1.82) is 0 Å². The molecule has 0 unspecified atom stereocenters. The van der Waals surface area contributed by atoms with Crippen LogP contribution in [0.5, 0.6) is 0 Å². The molecule has 2 fully saturated rings. The normalized spacial score (nSPS) is 22.2. The molecule has 2 atom stereocenters. The highest BCUT2D eigenvalue weighted by Crippen LogP contribution is 2.38. The van der Waals surface area contributed by atoms with Crippen LogP contribution >= 0.6 is 11.3 Å². The lowest BCUT2D eigenvalue weighted by molar-refractivity contribution is -0.144. The Bertz CT molecular complexity index is 989. The lowest BCUT2D eigenvalue weighted by atomic mass is 9.74. The first-order valence-electron chi connectivity index (χ1n) is 12.0. The number of nitrogens with one attached hydrogen (secondary N) is 1. The monoisotopic (exact) mass is 483 g/mol. The number of benzene rings is 1. The number of hydrogen-bond donors (Lipinski definition) is 1. The van der Waals surface area contributed by atoms with Gasteiger partial charge in [0.2, 0.25) is 0 Å². The largest absolute Gasteiger partial charge is 0.367 e. The van der Waals surface area contributed by atoms with Crippen LogP contribution in [0.3, 0.4) is 0 Å². The summed E-state index contributed by atoms with van der Waals surface area (Å²) in [5, 5.41) is 5.09. The molecule has 2 aliphatic rings. The number of rotatable bonds is 9. The molecule has 2 saturated heterocycles. The summed E-state index contributed by atoms with van der Waals surface area (Å²) < 4.78 is 5.53. The molecule has 1 aromatic carbocycles. The Balaban J connectivity index is 1.43. The van der Waals surface area contributed by atoms with Gasteiger partial charge in [-0.1, -0.05) is 49.7 Å². The molecule has 4 amide bonds. The van der Waals surface area contributed by atoms with E-state index < -0.39 is 11.6 Å². The Hall–Kier alpha value is -2.71. The zero-order valence-electron chi connectivity index (χ0n) is 19.9. The smallest absolute Gasteiger partial charge is 0.325 e. The third-order valence-electron chi connectivity index (χ3n) is 7.07. The van der Waals surface area contributed by atoms with Gasteiger partial charge in [-0.05, 0) is 48.6 Å². The Kier molecular flexibility index (Phi) is 7.68. The van der Waals surface area contributed by atoms with Gasteiger partial charge in [0.25, 0.3) is 11.8 Å². The minimum atomic E-state index is -0.878. The van der Waals surface area contributed by atoms with Crippen molar-refractivity contribution in [3.8, 4) is 0 Å². The second-order valence-corrected chi connectivity index (χ2v) is 10.1. The lowest BCUT2D eigenvalue weighted by Crippen LogP contribution is -2.56. The van der Waals surface area contributed by atoms with E-state index in [0.717, 1.165) is 16.9 Å². The quantitative estimate of drug-likeness (QED) is 0.547. The van der Waals surface area contributed by atoms with Crippen LogP contribution in [-0.2, 0) is 20.7 Å². The number of carbonyl (C=O) groups is 3. The maximum Gasteiger partial charge on any atom is 0.325 e. The minimum Gasteiger partial charge on any atom is -0.367 e. The van der Waals surface area contributed by atoms with Gasteiger partial charge < -0.3 is 15.0 Å². The molecule has 0 saturated carbocycles. The average Bonchev–Trinajstić information content (AvgIpc) is 3.46. The van der Waals surface area contributed by atoms with Gasteiger partial charge in [0, 0.05) is 31.6 Å². The Labute approximate surface area is 205 Å². The van der Waals surface area contributed by atoms with Gasteiger partial charge in [0.05, 0.1) is 0 Å². The molecule has 2 aliphatic heterocycles. The molecule has 0 spiro atoms. The van der Waals surface area contributed by atoms with Gasteiger partial charge in [-0.2, -0.15) is 0 Å². The van der Waals surface area contributed by atoms with E-state index in [4.69, 9.17) is 4.74 Å². The van der Waals surface area contributed by atoms with E-state index >= 15 is 0 Å². The van der Waals surface area contributed by atoms with Crippen LogP contribution in [0.1, 0.15) is 49.2 Å². The number of thiophene rings is 1. The zero-order valence-corrected chi connectivity index (χ0v) is 20.7. The lowest BCUT2D eigenvalue weighted by Gasteiger charge is -2.41. The molecule has 1 N–H and O–H groups in total. The number of piperidine rings is 1. The SMILES string of the molecule is CCC[C@@]1(C2CCN(C(=O)[C@@H](OC)c3ccccc3)CC2)NC(=O)N(CCc2cccs2)C1=O. The van der Waals surface area contributed by atoms with Crippen LogP contribution in [0.4, 0.5) is 4.79 Å². The van der Waals surface area contributed by atoms with Gasteiger partial charge in [-0.25, -0.2) is 4.79 Å². The van der Waals surface area contributed by atoms with Crippen LogP contribution in [0.25, 0.3) is 0 Å². The number of amides is 4. The number of carbonyl (C=O) groups excluding carboxylic acids is 3. The molecular weight excluding hydrogens is 450 g/mol. The summed E-state index contributed by atoms with van der Waals surface area (Å²) in [7, 11) is 1.55. The number of methoxy groups -OCH3 is 1. The molecule has 1 aromatic heterocycles. The number of ether oxygens (including phenoxy) is 1. The van der Waals surface area contributed by atoms with Gasteiger partial charge in [-0.3, -0.25) is 14.5 Å². The van der Waals surface area contributed by atoms with Gasteiger partial charge in [-0.15, -0.1) is 11.3 Å². The van der Waals surface area contributed by atoms with E-state index in [2.05, 4.69) is 5.32 Å². The predicted octanol–water partition coefficient (Wildman–Crippen LogP) is 4.01. The van der Waals surface area contributed by atoms with E-state index in [0.29, 0.717) is 45.3 Å². The minimum absolute atomic E-state index is 0.00240. The molecular formula is C26H33N3O4S. The highest BCUT2D eigenvalue weighted by atomic mass is 32.1. The number of likely N-dealkylation sites (tertiary alicyclic amines) is 1. The number of hydrogen-bond acceptors (Lipinski definition) is 5. The van der Waals surface area contributed by atoms with Crippen LogP contribution in [-0.4, -0.2) is 59.9 Å². The van der Waals surface area contributed by atoms with Crippen molar-refractivity contribution >= 4 is 29.2 Å². The van der Waals surface area contributed by atoms with E-state index in [1.807, 2.05) is 59.7 Å². The van der Waals surface area contributed by atoms with Gasteiger partial charge in [0.1, 0.15) is 5.54 Å². The van der Waals surface area contributed by atoms with Gasteiger partial charge >= 0.3 is 6.03 Å². The summed E-state index contributed by atoms with van der Waals surface area (Å²) in [5.41, 5.74) is -0.0459. The van der Waals surface area contributed by atoms with Crippen molar-refractivity contribution in [3.05, 3.63) is 58.3 Å². The topological polar surface area (TPSA) is 79.0 Å². The molecule has 34 heavy (non-hydrogen) atoms. The second kappa shape index (κ2) is 10.7. The van der Waals surface area contributed by atoms with Crippen molar-refractivity contribution < 1.29 is 19.1 Å². The highest BCUT2D eigenvalue weighted by molar-refractivity contribution is 7.09. The Morgan fingerprint density at radius 2 is 1.91 bits per heavy atom. The van der Waals surface area contributed by atoms with Crippen LogP contribution < -0.4 is 5.32 Å². The standard InChI is InChI=1S/C26H33N3O4S/c1-3-14-26(24(31)29(25(32)27-26)17-13-21-10-7-18-34-21)20-11-15-28(16-12-20)23(30)22(33-2)19-8-5-4-6-9-19/h4-10,18,20,22H,3,11-17H2,1-2H3,(H,27,32)/t22-,26-/m0/s1. The fraction of sp³-hybridized carbons (Fsp3) is 0.500. The first-order valence-corrected chi connectivity index (χ1v) is 12.9. The molecule has 0 bridgehead atoms. The molecule has 8 heteroatoms. The molecule has 4 rings (SSSR count). The van der Waals surface area contributed by atoms with E-state index in [1.54, 1.807) is 18.4 Å². The van der Waals surface area contributed by atoms with Crippen molar-refractivity contribution in [2.45, 2.75) is 50.7 Å². The first-order chi connectivity index (χ1) is 16.5. The molecule has 3 heterocycles. The van der Waals surface area contributed by atoms with Crippen molar-refractivity contribution in [2.75, 3.05) is 26.7 Å². The fourth-order valence-corrected chi connectivity index (χ4v) is 6.03. The third kappa shape index (κ3) is 4.74. The summed E-state index contributed by atoms with van der Waals surface area (Å²) >= 11 is 1.63. The molecule has 2 aromatic rings. The Morgan fingerprint density at radius 1 is 1.18 bits per heavy atom. The molecule has 7 nitrogen and oxygen atoms in total. The first kappa shape index (κ1) is 24.4. The third-order valence-corrected chi connectivity index (χ3v) is 8.01. The predicted molar refractivity (Wildman–Crippen MR) is 131 cm³/mol. The molecule has 0 aliphatic carbocycles. The summed E-state index contributed by atoms with van der Waals surface area (Å²) in [5.74, 6) is -0.173. The van der Waals surface area contributed by atoms with E-state index in [-0.39, 0.29) is 23.8 Å². The maximum atomic E-state index is 13.6. The number of imide groups is 1. The maximum absolute atomic E-state index is 13.6. The number of nitrogens with zero attached hydrogens (tertiary/aromatic N) is 2. The fourth-order valence-electron chi connectivity index (χ4n) is 5.34. The summed E-state index contributed by atoms with van der Waals surface area (Å²) in [4.78, 5) is 44.0. The Morgan fingerprint density at radius 3 is 2.53 bits per heavy atom. The van der Waals surface area contributed by atoms with Crippen molar-refractivity contribution in [3.63, 3.8) is 0 Å². The molecule has 182 valence electrons. The van der Waals surface area contributed by atoms with Crippen molar-refractivity contribution in [2.24, 2.45) is 5.92 Å². The van der Waals surface area contributed by atoms with E-state index in [1.165, 1.54) is 4.90 Å². The molecule has 0 radical (unpaired) electrons. The summed E-state index contributed by atoms with van der Waals surface area (Å²) in [6.45, 7) is 3.51. The summed E-state index contributed by atoms with van der Waals surface area (Å²) in [6.07, 6.45) is 2.77. The summed E-state index contributed by atoms with van der Waals surface area (Å²) in [6, 6.07) is 13.2. The average molecular weight is 484 g/mol. The zero-order chi connectivity index (χ0) is 24.1. The van der Waals surface area contributed by atoms with Crippen LogP contribution in [0.2, 0.25) is 0 Å².